The lowest BCUT2D eigenvalue weighted by Gasteiger charge is -2.15. The van der Waals surface area contributed by atoms with E-state index in [9.17, 15) is 4.79 Å². The summed E-state index contributed by atoms with van der Waals surface area (Å²) in [4.78, 5) is 21.2. The maximum Gasteiger partial charge on any atom is 0.226 e. The Labute approximate surface area is 164 Å². The van der Waals surface area contributed by atoms with Gasteiger partial charge in [0.05, 0.1) is 44.0 Å². The highest BCUT2D eigenvalue weighted by Crippen LogP contribution is 2.20. The first kappa shape index (κ1) is 19.8. The number of pyridine rings is 1. The molecule has 0 saturated heterocycles. The summed E-state index contributed by atoms with van der Waals surface area (Å²) in [6.07, 6.45) is 1.94. The van der Waals surface area contributed by atoms with Crippen molar-refractivity contribution in [2.45, 2.75) is 25.9 Å². The van der Waals surface area contributed by atoms with Crippen molar-refractivity contribution in [1.29, 1.82) is 0 Å². The van der Waals surface area contributed by atoms with Crippen LogP contribution in [0.15, 0.2) is 41.5 Å². The van der Waals surface area contributed by atoms with Gasteiger partial charge >= 0.3 is 0 Å². The number of aliphatic imine (C=N–C) groups is 1. The Kier molecular flexibility index (Phi) is 6.60. The molecule has 2 aromatic rings. The van der Waals surface area contributed by atoms with Gasteiger partial charge in [0.2, 0.25) is 11.8 Å². The Morgan fingerprint density at radius 1 is 1.21 bits per heavy atom. The van der Waals surface area contributed by atoms with Gasteiger partial charge in [0, 0.05) is 13.3 Å². The molecular formula is C21H25N3O4. The first-order chi connectivity index (χ1) is 13.6. The average Bonchev–Trinajstić information content (AvgIpc) is 3.10. The first-order valence-electron chi connectivity index (χ1n) is 9.18. The van der Waals surface area contributed by atoms with Crippen LogP contribution in [0.25, 0.3) is 0 Å². The van der Waals surface area contributed by atoms with E-state index in [1.165, 1.54) is 0 Å². The fourth-order valence-corrected chi connectivity index (χ4v) is 2.99. The van der Waals surface area contributed by atoms with Gasteiger partial charge in [-0.25, -0.2) is 4.99 Å². The normalized spacial score (nSPS) is 13.5. The molecule has 7 nitrogen and oxygen atoms in total. The largest absolute Gasteiger partial charge is 0.497 e. The summed E-state index contributed by atoms with van der Waals surface area (Å²) in [6.45, 7) is 3.44. The Hall–Kier alpha value is -2.93. The molecule has 0 fully saturated rings. The number of carbonyl (C=O) groups excluding carboxylic acids is 1. The summed E-state index contributed by atoms with van der Waals surface area (Å²) in [5.41, 5.74) is 3.63. The van der Waals surface area contributed by atoms with E-state index in [2.05, 4.69) is 15.3 Å². The van der Waals surface area contributed by atoms with Gasteiger partial charge in [-0.15, -0.1) is 0 Å². The molecule has 1 amide bonds. The quantitative estimate of drug-likeness (QED) is 0.708. The zero-order valence-electron chi connectivity index (χ0n) is 16.4. The van der Waals surface area contributed by atoms with Crippen LogP contribution in [0.2, 0.25) is 0 Å². The molecule has 3 rings (SSSR count). The van der Waals surface area contributed by atoms with E-state index in [-0.39, 0.29) is 18.4 Å². The van der Waals surface area contributed by atoms with Crippen LogP contribution < -0.4 is 10.1 Å². The van der Waals surface area contributed by atoms with Crippen LogP contribution in [0.5, 0.6) is 5.75 Å². The van der Waals surface area contributed by atoms with Crippen molar-refractivity contribution in [3.63, 3.8) is 0 Å². The SMILES string of the molecule is COCCOC1=NCc2cc(CC(=O)NC(C)c3ccc(OC)cc3)ncc21. The molecule has 0 spiro atoms. The number of hydrogen-bond donors (Lipinski definition) is 1. The lowest BCUT2D eigenvalue weighted by Crippen LogP contribution is -2.28. The first-order valence-corrected chi connectivity index (χ1v) is 9.18. The van der Waals surface area contributed by atoms with Gasteiger partial charge in [-0.05, 0) is 36.2 Å². The monoisotopic (exact) mass is 383 g/mol. The third-order valence-corrected chi connectivity index (χ3v) is 4.53. The number of carbonyl (C=O) groups is 1. The van der Waals surface area contributed by atoms with Crippen molar-refractivity contribution in [2.24, 2.45) is 4.99 Å². The fraction of sp³-hybridized carbons (Fsp3) is 0.381. The summed E-state index contributed by atoms with van der Waals surface area (Å²) in [6, 6.07) is 9.47. The van der Waals surface area contributed by atoms with Gasteiger partial charge in [0.25, 0.3) is 0 Å². The number of methoxy groups -OCH3 is 2. The third kappa shape index (κ3) is 4.86. The number of nitrogens with one attached hydrogen (secondary N) is 1. The Bertz CT molecular complexity index is 849. The van der Waals surface area contributed by atoms with Gasteiger partial charge in [0.1, 0.15) is 12.4 Å². The van der Waals surface area contributed by atoms with E-state index in [1.54, 1.807) is 20.4 Å². The molecule has 7 heteroatoms. The smallest absolute Gasteiger partial charge is 0.226 e. The van der Waals surface area contributed by atoms with E-state index >= 15 is 0 Å². The number of rotatable bonds is 8. The number of nitrogens with zero attached hydrogens (tertiary/aromatic N) is 2. The summed E-state index contributed by atoms with van der Waals surface area (Å²) in [7, 11) is 3.26. The fourth-order valence-electron chi connectivity index (χ4n) is 2.99. The van der Waals surface area contributed by atoms with Crippen molar-refractivity contribution in [3.05, 3.63) is 58.9 Å². The molecule has 1 aliphatic heterocycles. The van der Waals surface area contributed by atoms with Crippen molar-refractivity contribution < 1.29 is 19.0 Å². The molecule has 1 aromatic heterocycles. The highest BCUT2D eigenvalue weighted by Gasteiger charge is 2.19. The number of amides is 1. The Morgan fingerprint density at radius 3 is 2.71 bits per heavy atom. The molecule has 0 aliphatic carbocycles. The lowest BCUT2D eigenvalue weighted by atomic mass is 10.1. The van der Waals surface area contributed by atoms with Crippen LogP contribution >= 0.6 is 0 Å². The van der Waals surface area contributed by atoms with Crippen LogP contribution in [-0.4, -0.2) is 44.2 Å². The van der Waals surface area contributed by atoms with Crippen LogP contribution in [0, 0.1) is 0 Å². The van der Waals surface area contributed by atoms with Crippen LogP contribution in [0.4, 0.5) is 0 Å². The summed E-state index contributed by atoms with van der Waals surface area (Å²) in [5.74, 6) is 1.30. The molecule has 1 atom stereocenters. The second-order valence-corrected chi connectivity index (χ2v) is 6.53. The number of ether oxygens (including phenoxy) is 3. The van der Waals surface area contributed by atoms with Crippen molar-refractivity contribution in [1.82, 2.24) is 10.3 Å². The minimum Gasteiger partial charge on any atom is -0.497 e. The van der Waals surface area contributed by atoms with E-state index < -0.39 is 0 Å². The van der Waals surface area contributed by atoms with E-state index in [1.807, 2.05) is 37.3 Å². The molecule has 28 heavy (non-hydrogen) atoms. The Balaban J connectivity index is 1.56. The van der Waals surface area contributed by atoms with Crippen molar-refractivity contribution in [3.8, 4) is 5.75 Å². The van der Waals surface area contributed by atoms with Crippen LogP contribution in [0.1, 0.15) is 35.3 Å². The molecule has 148 valence electrons. The van der Waals surface area contributed by atoms with E-state index in [0.717, 1.165) is 22.4 Å². The van der Waals surface area contributed by atoms with Gasteiger partial charge in [-0.2, -0.15) is 0 Å². The molecule has 0 radical (unpaired) electrons. The van der Waals surface area contributed by atoms with Crippen molar-refractivity contribution >= 4 is 11.8 Å². The zero-order chi connectivity index (χ0) is 19.9. The average molecular weight is 383 g/mol. The third-order valence-electron chi connectivity index (χ3n) is 4.53. The molecule has 0 bridgehead atoms. The summed E-state index contributed by atoms with van der Waals surface area (Å²) >= 11 is 0. The van der Waals surface area contributed by atoms with Gasteiger partial charge in [0.15, 0.2) is 0 Å². The summed E-state index contributed by atoms with van der Waals surface area (Å²) < 4.78 is 15.7. The number of hydrogen-bond acceptors (Lipinski definition) is 6. The zero-order valence-corrected chi connectivity index (χ0v) is 16.4. The number of fused-ring (bicyclic) bond motifs is 1. The molecule has 1 aromatic carbocycles. The predicted octanol–water partition coefficient (Wildman–Crippen LogP) is 2.43. The Morgan fingerprint density at radius 2 is 2.00 bits per heavy atom. The van der Waals surface area contributed by atoms with Gasteiger partial charge in [-0.3, -0.25) is 9.78 Å². The summed E-state index contributed by atoms with van der Waals surface area (Å²) in [5, 5.41) is 3.01. The topological polar surface area (TPSA) is 82.0 Å². The highest BCUT2D eigenvalue weighted by atomic mass is 16.5. The second-order valence-electron chi connectivity index (χ2n) is 6.53. The van der Waals surface area contributed by atoms with Crippen molar-refractivity contribution in [2.75, 3.05) is 27.4 Å². The van der Waals surface area contributed by atoms with Crippen LogP contribution in [0.3, 0.4) is 0 Å². The molecule has 0 saturated carbocycles. The maximum absolute atomic E-state index is 12.4. The number of benzene rings is 1. The predicted molar refractivity (Wildman–Crippen MR) is 106 cm³/mol. The molecule has 1 N–H and O–H groups in total. The maximum atomic E-state index is 12.4. The lowest BCUT2D eigenvalue weighted by molar-refractivity contribution is -0.121. The number of aromatic nitrogens is 1. The van der Waals surface area contributed by atoms with Crippen LogP contribution in [-0.2, 0) is 27.2 Å². The molecule has 2 heterocycles. The van der Waals surface area contributed by atoms with Gasteiger partial charge < -0.3 is 19.5 Å². The molecular weight excluding hydrogens is 358 g/mol. The molecule has 1 unspecified atom stereocenters. The highest BCUT2D eigenvalue weighted by molar-refractivity contribution is 5.97. The minimum absolute atomic E-state index is 0.0775. The standard InChI is InChI=1S/C21H25N3O4/c1-14(15-4-6-18(27-3)7-5-15)24-20(25)11-17-10-16-12-23-21(19(16)13-22-17)28-9-8-26-2/h4-7,10,13-14H,8-9,11-12H2,1-3H3,(H,24,25). The molecule has 1 aliphatic rings. The van der Waals surface area contributed by atoms with E-state index in [0.29, 0.717) is 31.4 Å². The second kappa shape index (κ2) is 9.32. The minimum atomic E-state index is -0.100. The van der Waals surface area contributed by atoms with E-state index in [4.69, 9.17) is 14.2 Å². The van der Waals surface area contributed by atoms with Gasteiger partial charge in [-0.1, -0.05) is 12.1 Å².